The number of methoxy groups -OCH3 is 2. The molecule has 0 amide bonds. The summed E-state index contributed by atoms with van der Waals surface area (Å²) in [6.07, 6.45) is 1.39. The van der Waals surface area contributed by atoms with Crippen molar-refractivity contribution in [2.45, 2.75) is 29.3 Å². The molecule has 1 unspecified atom stereocenters. The van der Waals surface area contributed by atoms with E-state index in [-0.39, 0.29) is 45.1 Å². The van der Waals surface area contributed by atoms with Crippen LogP contribution in [0.5, 0.6) is 17.2 Å². The number of ether oxygens (including phenoxy) is 3. The van der Waals surface area contributed by atoms with Gasteiger partial charge in [0.2, 0.25) is 5.16 Å². The van der Waals surface area contributed by atoms with Gasteiger partial charge in [-0.05, 0) is 36.8 Å². The predicted octanol–water partition coefficient (Wildman–Crippen LogP) is 3.60. The summed E-state index contributed by atoms with van der Waals surface area (Å²) < 4.78 is 83.1. The molecule has 0 spiro atoms. The minimum absolute atomic E-state index is 0.0150. The Morgan fingerprint density at radius 3 is 2.54 bits per heavy atom. The molecule has 4 rings (SSSR count). The maximum absolute atomic E-state index is 14.0. The van der Waals surface area contributed by atoms with E-state index in [4.69, 9.17) is 9.47 Å². The molecule has 0 aliphatic carbocycles. The molecule has 0 saturated heterocycles. The van der Waals surface area contributed by atoms with E-state index in [2.05, 4.69) is 14.7 Å². The SMILES string of the molecule is COc1ccnc(CS(=O)c2nc3ccc(OC(F)F)cc3n2S(=O)(=O)c2cccc(C(=O)O)c2C)c1OC. The fourth-order valence-electron chi connectivity index (χ4n) is 3.93. The molecule has 2 heterocycles. The lowest BCUT2D eigenvalue weighted by Crippen LogP contribution is -2.19. The van der Waals surface area contributed by atoms with Crippen molar-refractivity contribution < 1.29 is 45.5 Å². The highest BCUT2D eigenvalue weighted by molar-refractivity contribution is 7.91. The van der Waals surface area contributed by atoms with Crippen molar-refractivity contribution in [3.05, 3.63) is 65.5 Å². The Labute approximate surface area is 223 Å². The lowest BCUT2D eigenvalue weighted by atomic mass is 10.1. The number of halogens is 2. The highest BCUT2D eigenvalue weighted by Crippen LogP contribution is 2.33. The summed E-state index contributed by atoms with van der Waals surface area (Å²) in [4.78, 5) is 19.7. The van der Waals surface area contributed by atoms with Crippen molar-refractivity contribution in [2.24, 2.45) is 0 Å². The van der Waals surface area contributed by atoms with Gasteiger partial charge in [-0.1, -0.05) is 6.07 Å². The van der Waals surface area contributed by atoms with E-state index in [1.807, 2.05) is 0 Å². The highest BCUT2D eigenvalue weighted by atomic mass is 32.2. The number of benzene rings is 2. The molecular weight excluding hydrogens is 560 g/mol. The number of hydrogen-bond acceptors (Lipinski definition) is 9. The first-order chi connectivity index (χ1) is 18.5. The molecule has 0 aliphatic rings. The van der Waals surface area contributed by atoms with Gasteiger partial charge < -0.3 is 19.3 Å². The minimum atomic E-state index is -4.67. The number of pyridine rings is 1. The molecule has 206 valence electrons. The van der Waals surface area contributed by atoms with Gasteiger partial charge in [-0.25, -0.2) is 22.2 Å². The third-order valence-corrected chi connectivity index (χ3v) is 8.83. The molecule has 2 aromatic heterocycles. The first-order valence-corrected chi connectivity index (χ1v) is 13.8. The summed E-state index contributed by atoms with van der Waals surface area (Å²) in [5, 5.41) is 9.05. The molecule has 1 atom stereocenters. The zero-order valence-electron chi connectivity index (χ0n) is 20.6. The van der Waals surface area contributed by atoms with Crippen molar-refractivity contribution in [1.29, 1.82) is 0 Å². The van der Waals surface area contributed by atoms with Crippen LogP contribution >= 0.6 is 0 Å². The molecule has 15 heteroatoms. The summed E-state index contributed by atoms with van der Waals surface area (Å²) in [7, 11) is -4.11. The second-order valence-corrected chi connectivity index (χ2v) is 11.0. The Morgan fingerprint density at radius 1 is 1.15 bits per heavy atom. The fraction of sp³-hybridized carbons (Fsp3) is 0.208. The Morgan fingerprint density at radius 2 is 1.90 bits per heavy atom. The van der Waals surface area contributed by atoms with Gasteiger partial charge in [-0.15, -0.1) is 0 Å². The number of imidazole rings is 1. The van der Waals surface area contributed by atoms with Crippen LogP contribution in [0.1, 0.15) is 21.6 Å². The number of carboxylic acid groups (broad SMARTS) is 1. The molecule has 0 fully saturated rings. The lowest BCUT2D eigenvalue weighted by molar-refractivity contribution is -0.0497. The van der Waals surface area contributed by atoms with Crippen LogP contribution in [0.3, 0.4) is 0 Å². The maximum atomic E-state index is 14.0. The number of fused-ring (bicyclic) bond motifs is 1. The van der Waals surface area contributed by atoms with Crippen LogP contribution in [0.15, 0.2) is 58.7 Å². The molecule has 0 radical (unpaired) electrons. The molecule has 0 aliphatic heterocycles. The van der Waals surface area contributed by atoms with E-state index < -0.39 is 43.5 Å². The van der Waals surface area contributed by atoms with E-state index in [0.717, 1.165) is 12.1 Å². The van der Waals surface area contributed by atoms with Gasteiger partial charge in [0.1, 0.15) is 5.75 Å². The normalized spacial score (nSPS) is 12.5. The van der Waals surface area contributed by atoms with E-state index in [9.17, 15) is 31.3 Å². The summed E-state index contributed by atoms with van der Waals surface area (Å²) in [5.41, 5.74) is -0.366. The molecule has 4 aromatic rings. The number of carbonyl (C=O) groups is 1. The van der Waals surface area contributed by atoms with Gasteiger partial charge >= 0.3 is 12.6 Å². The van der Waals surface area contributed by atoms with Gasteiger partial charge in [0.25, 0.3) is 10.0 Å². The van der Waals surface area contributed by atoms with Crippen molar-refractivity contribution in [1.82, 2.24) is 13.9 Å². The topological polar surface area (TPSA) is 147 Å². The molecule has 39 heavy (non-hydrogen) atoms. The Balaban J connectivity index is 1.95. The quantitative estimate of drug-likeness (QED) is 0.295. The van der Waals surface area contributed by atoms with Crippen molar-refractivity contribution in [3.63, 3.8) is 0 Å². The second kappa shape index (κ2) is 10.9. The van der Waals surface area contributed by atoms with Crippen molar-refractivity contribution in [2.75, 3.05) is 14.2 Å². The van der Waals surface area contributed by atoms with Gasteiger partial charge in [-0.2, -0.15) is 8.78 Å². The average molecular weight is 582 g/mol. The van der Waals surface area contributed by atoms with Gasteiger partial charge in [0, 0.05) is 18.3 Å². The zero-order chi connectivity index (χ0) is 28.5. The van der Waals surface area contributed by atoms with Crippen LogP contribution in [0, 0.1) is 6.92 Å². The second-order valence-electron chi connectivity index (χ2n) is 7.91. The maximum Gasteiger partial charge on any atom is 0.387 e. The van der Waals surface area contributed by atoms with Crippen LogP contribution in [0.2, 0.25) is 0 Å². The Kier molecular flexibility index (Phi) is 7.83. The summed E-state index contributed by atoms with van der Waals surface area (Å²) >= 11 is 0. The third kappa shape index (κ3) is 5.27. The van der Waals surface area contributed by atoms with Crippen molar-refractivity contribution >= 4 is 37.8 Å². The van der Waals surface area contributed by atoms with Crippen LogP contribution in [-0.2, 0) is 26.6 Å². The van der Waals surface area contributed by atoms with E-state index in [1.54, 1.807) is 0 Å². The van der Waals surface area contributed by atoms with E-state index >= 15 is 0 Å². The van der Waals surface area contributed by atoms with Crippen LogP contribution in [0.25, 0.3) is 11.0 Å². The van der Waals surface area contributed by atoms with E-state index in [0.29, 0.717) is 9.72 Å². The molecule has 2 aromatic carbocycles. The number of nitrogens with zero attached hydrogens (tertiary/aromatic N) is 3. The molecule has 1 N–H and O–H groups in total. The minimum Gasteiger partial charge on any atom is -0.493 e. The van der Waals surface area contributed by atoms with Gasteiger partial charge in [0.05, 0.1) is 58.0 Å². The largest absolute Gasteiger partial charge is 0.493 e. The number of rotatable bonds is 10. The number of aromatic nitrogens is 3. The predicted molar refractivity (Wildman–Crippen MR) is 135 cm³/mol. The number of hydrogen-bond donors (Lipinski definition) is 1. The number of alkyl halides is 2. The first-order valence-electron chi connectivity index (χ1n) is 11.0. The number of aromatic carboxylic acids is 1. The average Bonchev–Trinajstić information content (AvgIpc) is 3.28. The molecular formula is C24H21F2N3O8S2. The van der Waals surface area contributed by atoms with Gasteiger partial charge in [-0.3, -0.25) is 9.19 Å². The van der Waals surface area contributed by atoms with E-state index in [1.165, 1.54) is 57.7 Å². The summed E-state index contributed by atoms with van der Waals surface area (Å²) in [5.74, 6) is -1.59. The van der Waals surface area contributed by atoms with Crippen LogP contribution in [0.4, 0.5) is 8.78 Å². The van der Waals surface area contributed by atoms with Gasteiger partial charge in [0.15, 0.2) is 11.5 Å². The molecule has 0 saturated carbocycles. The Hall–Kier alpha value is -4.11. The summed E-state index contributed by atoms with van der Waals surface area (Å²) in [6, 6.07) is 8.61. The van der Waals surface area contributed by atoms with Crippen LogP contribution < -0.4 is 14.2 Å². The fourth-order valence-corrected chi connectivity index (χ4v) is 7.14. The number of carboxylic acids is 1. The first kappa shape index (κ1) is 27.9. The molecule has 0 bridgehead atoms. The molecule has 11 nitrogen and oxygen atoms in total. The van der Waals surface area contributed by atoms with Crippen LogP contribution in [-0.4, -0.2) is 58.5 Å². The smallest absolute Gasteiger partial charge is 0.387 e. The zero-order valence-corrected chi connectivity index (χ0v) is 22.3. The highest BCUT2D eigenvalue weighted by Gasteiger charge is 2.31. The lowest BCUT2D eigenvalue weighted by Gasteiger charge is -2.15. The standard InChI is InChI=1S/C24H21F2N3O8S2/c1-13-15(22(30)31)5-4-6-20(13)39(33,34)29-18-11-14(37-23(25)26)7-8-16(18)28-24(29)38(32)12-17-21(36-3)19(35-2)9-10-27-17/h4-11,23H,12H2,1-3H3,(H,30,31). The monoisotopic (exact) mass is 581 g/mol. The summed E-state index contributed by atoms with van der Waals surface area (Å²) in [6.45, 7) is -1.88. The Bertz CT molecular complexity index is 1710. The third-order valence-electron chi connectivity index (χ3n) is 5.65. The van der Waals surface area contributed by atoms with Crippen molar-refractivity contribution in [3.8, 4) is 17.2 Å².